The lowest BCUT2D eigenvalue weighted by Crippen LogP contribution is -2.45. The molecule has 0 radical (unpaired) electrons. The normalized spacial score (nSPS) is 17.9. The van der Waals surface area contributed by atoms with E-state index in [1.54, 1.807) is 23.3 Å². The Labute approximate surface area is 148 Å². The van der Waals surface area contributed by atoms with Gasteiger partial charge in [-0.05, 0) is 24.5 Å². The van der Waals surface area contributed by atoms with Gasteiger partial charge in [-0.2, -0.15) is 0 Å². The van der Waals surface area contributed by atoms with E-state index in [4.69, 9.17) is 4.74 Å². The van der Waals surface area contributed by atoms with Gasteiger partial charge >= 0.3 is 0 Å². The van der Waals surface area contributed by atoms with Crippen LogP contribution in [0, 0.1) is 5.92 Å². The predicted octanol–water partition coefficient (Wildman–Crippen LogP) is 2.33. The number of morpholine rings is 1. The van der Waals surface area contributed by atoms with Crippen molar-refractivity contribution in [2.75, 3.05) is 19.7 Å². The second kappa shape index (κ2) is 8.20. The van der Waals surface area contributed by atoms with Crippen LogP contribution in [-0.4, -0.2) is 56.4 Å². The van der Waals surface area contributed by atoms with E-state index >= 15 is 0 Å². The van der Waals surface area contributed by atoms with Gasteiger partial charge in [0.25, 0.3) is 5.91 Å². The van der Waals surface area contributed by atoms with Crippen molar-refractivity contribution in [3.63, 3.8) is 0 Å². The molecule has 2 aromatic rings. The van der Waals surface area contributed by atoms with Crippen molar-refractivity contribution in [2.24, 2.45) is 5.92 Å². The monoisotopic (exact) mass is 343 g/mol. The number of carbonyl (C=O) groups is 1. The lowest BCUT2D eigenvalue weighted by molar-refractivity contribution is -0.0262. The van der Waals surface area contributed by atoms with Gasteiger partial charge in [-0.25, -0.2) is 4.98 Å². The van der Waals surface area contributed by atoms with E-state index in [0.717, 1.165) is 12.8 Å². The minimum atomic E-state index is -0.0490. The Morgan fingerprint density at radius 2 is 2.12 bits per heavy atom. The Hall–Kier alpha value is -2.28. The lowest BCUT2D eigenvalue weighted by atomic mass is 10.0. The van der Waals surface area contributed by atoms with Gasteiger partial charge < -0.3 is 9.64 Å². The van der Waals surface area contributed by atoms with Gasteiger partial charge in [0.2, 0.25) is 0 Å². The molecular weight excluding hydrogens is 318 g/mol. The van der Waals surface area contributed by atoms with Gasteiger partial charge in [-0.3, -0.25) is 9.36 Å². The predicted molar refractivity (Wildman–Crippen MR) is 93.5 cm³/mol. The molecule has 0 saturated carbocycles. The molecule has 0 aromatic carbocycles. The van der Waals surface area contributed by atoms with Gasteiger partial charge in [0, 0.05) is 13.1 Å². The van der Waals surface area contributed by atoms with E-state index in [2.05, 4.69) is 29.0 Å². The highest BCUT2D eigenvalue weighted by atomic mass is 16.5. The second-order valence-corrected chi connectivity index (χ2v) is 6.82. The summed E-state index contributed by atoms with van der Waals surface area (Å²) in [7, 11) is 0. The first-order valence-corrected chi connectivity index (χ1v) is 8.86. The maximum Gasteiger partial charge on any atom is 0.272 e. The molecule has 3 heterocycles. The standard InChI is InChI=1S/C18H25N5O2/c1-14(2)5-3-6-15-11-22(9-10-25-15)18(24)16-7-4-8-17(21-16)23-12-19-20-13-23/h4,7-8,12-15H,3,5-6,9-11H2,1-2H3/t15-/m0/s1. The van der Waals surface area contributed by atoms with Gasteiger partial charge in [-0.1, -0.05) is 32.8 Å². The maximum atomic E-state index is 12.8. The summed E-state index contributed by atoms with van der Waals surface area (Å²) in [6.45, 7) is 6.29. The number of rotatable bonds is 6. The number of hydrogen-bond acceptors (Lipinski definition) is 5. The molecule has 2 aromatic heterocycles. The molecule has 25 heavy (non-hydrogen) atoms. The highest BCUT2D eigenvalue weighted by Gasteiger charge is 2.25. The van der Waals surface area contributed by atoms with Crippen molar-refractivity contribution in [2.45, 2.75) is 39.2 Å². The summed E-state index contributed by atoms with van der Waals surface area (Å²) in [6, 6.07) is 5.41. The van der Waals surface area contributed by atoms with Crippen LogP contribution in [0.5, 0.6) is 0 Å². The molecule has 1 atom stereocenters. The molecule has 1 fully saturated rings. The van der Waals surface area contributed by atoms with Crippen LogP contribution >= 0.6 is 0 Å². The van der Waals surface area contributed by atoms with Crippen LogP contribution in [0.4, 0.5) is 0 Å². The number of nitrogens with zero attached hydrogens (tertiary/aromatic N) is 5. The van der Waals surface area contributed by atoms with E-state index in [-0.39, 0.29) is 12.0 Å². The van der Waals surface area contributed by atoms with Crippen molar-refractivity contribution in [1.82, 2.24) is 24.6 Å². The smallest absolute Gasteiger partial charge is 0.272 e. The van der Waals surface area contributed by atoms with Crippen molar-refractivity contribution in [3.05, 3.63) is 36.5 Å². The van der Waals surface area contributed by atoms with Gasteiger partial charge in [0.05, 0.1) is 12.7 Å². The summed E-state index contributed by atoms with van der Waals surface area (Å²) in [6.07, 6.45) is 6.57. The maximum absolute atomic E-state index is 12.8. The summed E-state index contributed by atoms with van der Waals surface area (Å²) in [5.74, 6) is 1.29. The van der Waals surface area contributed by atoms with Gasteiger partial charge in [0.15, 0.2) is 0 Å². The third-order valence-corrected chi connectivity index (χ3v) is 4.37. The zero-order valence-corrected chi connectivity index (χ0v) is 14.8. The van der Waals surface area contributed by atoms with Crippen molar-refractivity contribution >= 4 is 5.91 Å². The van der Waals surface area contributed by atoms with E-state index in [1.807, 2.05) is 17.0 Å². The van der Waals surface area contributed by atoms with E-state index in [1.165, 1.54) is 6.42 Å². The van der Waals surface area contributed by atoms with Crippen LogP contribution in [0.3, 0.4) is 0 Å². The summed E-state index contributed by atoms with van der Waals surface area (Å²) < 4.78 is 7.51. The molecule has 7 nitrogen and oxygen atoms in total. The number of pyridine rings is 1. The van der Waals surface area contributed by atoms with Crippen molar-refractivity contribution < 1.29 is 9.53 Å². The molecule has 0 unspecified atom stereocenters. The largest absolute Gasteiger partial charge is 0.375 e. The quantitative estimate of drug-likeness (QED) is 0.805. The van der Waals surface area contributed by atoms with E-state index < -0.39 is 0 Å². The highest BCUT2D eigenvalue weighted by molar-refractivity contribution is 5.92. The molecule has 1 saturated heterocycles. The number of hydrogen-bond donors (Lipinski definition) is 0. The molecule has 0 bridgehead atoms. The third kappa shape index (κ3) is 4.63. The fourth-order valence-corrected chi connectivity index (χ4v) is 3.00. The number of aromatic nitrogens is 4. The first kappa shape index (κ1) is 17.5. The van der Waals surface area contributed by atoms with Gasteiger partial charge in [0.1, 0.15) is 24.2 Å². The Kier molecular flexibility index (Phi) is 5.75. The van der Waals surface area contributed by atoms with Crippen molar-refractivity contribution in [1.29, 1.82) is 0 Å². The Morgan fingerprint density at radius 1 is 1.32 bits per heavy atom. The lowest BCUT2D eigenvalue weighted by Gasteiger charge is -2.33. The molecule has 1 amide bonds. The molecule has 134 valence electrons. The molecule has 1 aliphatic heterocycles. The molecule has 0 spiro atoms. The molecule has 7 heteroatoms. The van der Waals surface area contributed by atoms with Crippen molar-refractivity contribution in [3.8, 4) is 5.82 Å². The number of amides is 1. The SMILES string of the molecule is CC(C)CCC[C@H]1CN(C(=O)c2cccc(-n3cnnc3)n2)CCO1. The first-order chi connectivity index (χ1) is 12.1. The molecule has 0 aliphatic carbocycles. The average molecular weight is 343 g/mol. The Morgan fingerprint density at radius 3 is 2.88 bits per heavy atom. The summed E-state index contributed by atoms with van der Waals surface area (Å²) in [5.41, 5.74) is 0.439. The van der Waals surface area contributed by atoms with Crippen LogP contribution in [0.25, 0.3) is 5.82 Å². The minimum Gasteiger partial charge on any atom is -0.375 e. The molecule has 3 rings (SSSR count). The summed E-state index contributed by atoms with van der Waals surface area (Å²) >= 11 is 0. The number of ether oxygens (including phenoxy) is 1. The fraction of sp³-hybridized carbons (Fsp3) is 0.556. The van der Waals surface area contributed by atoms with Gasteiger partial charge in [-0.15, -0.1) is 10.2 Å². The van der Waals surface area contributed by atoms with Crippen LogP contribution in [0.1, 0.15) is 43.6 Å². The highest BCUT2D eigenvalue weighted by Crippen LogP contribution is 2.16. The molecule has 1 aliphatic rings. The fourth-order valence-electron chi connectivity index (χ4n) is 3.00. The summed E-state index contributed by atoms with van der Waals surface area (Å²) in [4.78, 5) is 19.1. The first-order valence-electron chi connectivity index (χ1n) is 8.86. The minimum absolute atomic E-state index is 0.0490. The molecular formula is C18H25N5O2. The van der Waals surface area contributed by atoms with E-state index in [9.17, 15) is 4.79 Å². The summed E-state index contributed by atoms with van der Waals surface area (Å²) in [5, 5.41) is 7.55. The zero-order valence-electron chi connectivity index (χ0n) is 14.8. The topological polar surface area (TPSA) is 73.1 Å². The Bertz CT molecular complexity index is 687. The van der Waals surface area contributed by atoms with Crippen LogP contribution < -0.4 is 0 Å². The van der Waals surface area contributed by atoms with E-state index in [0.29, 0.717) is 37.1 Å². The molecule has 0 N–H and O–H groups in total. The number of carbonyl (C=O) groups excluding carboxylic acids is 1. The zero-order chi connectivity index (χ0) is 17.6. The van der Waals surface area contributed by atoms with Crippen LogP contribution in [0.15, 0.2) is 30.9 Å². The Balaban J connectivity index is 1.63. The van der Waals surface area contributed by atoms with Crippen LogP contribution in [0.2, 0.25) is 0 Å². The second-order valence-electron chi connectivity index (χ2n) is 6.82. The van der Waals surface area contributed by atoms with Crippen LogP contribution in [-0.2, 0) is 4.74 Å². The third-order valence-electron chi connectivity index (χ3n) is 4.37. The average Bonchev–Trinajstić information content (AvgIpc) is 3.16.